The molecule has 0 saturated carbocycles. The van der Waals surface area contributed by atoms with Crippen LogP contribution in [0.2, 0.25) is 5.02 Å². The molecule has 3 rings (SSSR count). The number of ether oxygens (including phenoxy) is 1. The fraction of sp³-hybridized carbons (Fsp3) is 0.133. The zero-order chi connectivity index (χ0) is 14.3. The van der Waals surface area contributed by atoms with Gasteiger partial charge < -0.3 is 4.74 Å². The van der Waals surface area contributed by atoms with Crippen molar-refractivity contribution >= 4 is 33.3 Å². The third-order valence-corrected chi connectivity index (χ3v) is 4.01. The predicted octanol–water partition coefficient (Wildman–Crippen LogP) is 4.95. The summed E-state index contributed by atoms with van der Waals surface area (Å²) in [6, 6.07) is 9.37. The number of rotatable bonds is 1. The van der Waals surface area contributed by atoms with Gasteiger partial charge in [-0.3, -0.25) is 4.79 Å². The van der Waals surface area contributed by atoms with E-state index in [1.807, 2.05) is 0 Å². The Bertz CT molecular complexity index is 702. The predicted molar refractivity (Wildman–Crippen MR) is 77.9 cm³/mol. The summed E-state index contributed by atoms with van der Waals surface area (Å²) in [4.78, 5) is 12.2. The van der Waals surface area contributed by atoms with Crippen LogP contribution in [0.4, 0.5) is 4.39 Å². The molecule has 2 nitrogen and oxygen atoms in total. The fourth-order valence-electron chi connectivity index (χ4n) is 2.23. The van der Waals surface area contributed by atoms with Crippen LogP contribution < -0.4 is 4.74 Å². The van der Waals surface area contributed by atoms with E-state index in [2.05, 4.69) is 15.9 Å². The van der Waals surface area contributed by atoms with Gasteiger partial charge in [0.15, 0.2) is 5.78 Å². The van der Waals surface area contributed by atoms with Gasteiger partial charge in [0, 0.05) is 10.0 Å². The first kappa shape index (κ1) is 13.6. The summed E-state index contributed by atoms with van der Waals surface area (Å²) in [7, 11) is 0. The quantitative estimate of drug-likeness (QED) is 0.723. The monoisotopic (exact) mass is 354 g/mol. The molecule has 2 aromatic carbocycles. The van der Waals surface area contributed by atoms with Gasteiger partial charge in [-0.1, -0.05) is 33.6 Å². The molecule has 1 aliphatic heterocycles. The van der Waals surface area contributed by atoms with Crippen molar-refractivity contribution in [2.24, 2.45) is 0 Å². The number of hydrogen-bond acceptors (Lipinski definition) is 2. The first-order chi connectivity index (χ1) is 9.54. The van der Waals surface area contributed by atoms with E-state index in [-0.39, 0.29) is 17.2 Å². The number of hydrogen-bond donors (Lipinski definition) is 0. The van der Waals surface area contributed by atoms with Gasteiger partial charge in [0.05, 0.1) is 17.0 Å². The summed E-state index contributed by atoms with van der Waals surface area (Å²) < 4.78 is 19.7. The van der Waals surface area contributed by atoms with E-state index in [4.69, 9.17) is 16.3 Å². The summed E-state index contributed by atoms with van der Waals surface area (Å²) >= 11 is 9.35. The molecule has 102 valence electrons. The molecule has 0 radical (unpaired) electrons. The topological polar surface area (TPSA) is 26.3 Å². The number of Topliss-reactive ketones (excluding diaryl/α,β-unsaturated/α-hetero) is 1. The maximum Gasteiger partial charge on any atom is 0.170 e. The minimum atomic E-state index is -0.482. The Morgan fingerprint density at radius 1 is 1.25 bits per heavy atom. The minimum Gasteiger partial charge on any atom is -0.484 e. The molecular formula is C15H9BrClFO2. The van der Waals surface area contributed by atoms with E-state index >= 15 is 0 Å². The molecule has 1 aliphatic rings. The molecule has 5 heteroatoms. The van der Waals surface area contributed by atoms with Crippen LogP contribution in [-0.4, -0.2) is 5.78 Å². The molecule has 1 unspecified atom stereocenters. The van der Waals surface area contributed by atoms with Crippen molar-refractivity contribution in [2.45, 2.75) is 12.5 Å². The molecule has 1 heterocycles. The fourth-order valence-corrected chi connectivity index (χ4v) is 2.88. The lowest BCUT2D eigenvalue weighted by Crippen LogP contribution is -2.20. The highest BCUT2D eigenvalue weighted by Gasteiger charge is 2.29. The number of halogens is 3. The van der Waals surface area contributed by atoms with Crippen LogP contribution in [0.25, 0.3) is 0 Å². The molecular weight excluding hydrogens is 347 g/mol. The summed E-state index contributed by atoms with van der Waals surface area (Å²) in [6.45, 7) is 0. The van der Waals surface area contributed by atoms with E-state index in [1.165, 1.54) is 12.1 Å². The Balaban J connectivity index is 1.99. The van der Waals surface area contributed by atoms with Gasteiger partial charge >= 0.3 is 0 Å². The normalized spacial score (nSPS) is 17.6. The lowest BCUT2D eigenvalue weighted by atomic mass is 9.96. The highest BCUT2D eigenvalue weighted by atomic mass is 79.9. The lowest BCUT2D eigenvalue weighted by Gasteiger charge is -2.26. The van der Waals surface area contributed by atoms with Gasteiger partial charge in [-0.05, 0) is 30.3 Å². The van der Waals surface area contributed by atoms with Crippen molar-refractivity contribution in [1.82, 2.24) is 0 Å². The molecule has 0 aliphatic carbocycles. The third-order valence-electron chi connectivity index (χ3n) is 3.19. The van der Waals surface area contributed by atoms with Crippen molar-refractivity contribution < 1.29 is 13.9 Å². The lowest BCUT2D eigenvalue weighted by molar-refractivity contribution is 0.0850. The van der Waals surface area contributed by atoms with Crippen LogP contribution >= 0.6 is 27.5 Å². The Morgan fingerprint density at radius 2 is 2.05 bits per heavy atom. The van der Waals surface area contributed by atoms with E-state index < -0.39 is 11.9 Å². The molecule has 0 fully saturated rings. The Kier molecular flexibility index (Phi) is 3.52. The zero-order valence-corrected chi connectivity index (χ0v) is 12.5. The van der Waals surface area contributed by atoms with Gasteiger partial charge in [0.1, 0.15) is 17.7 Å². The molecule has 0 spiro atoms. The summed E-state index contributed by atoms with van der Waals surface area (Å²) in [5, 5.41) is 0.267. The van der Waals surface area contributed by atoms with Crippen LogP contribution in [0.3, 0.4) is 0 Å². The van der Waals surface area contributed by atoms with Crippen LogP contribution in [0.1, 0.15) is 28.4 Å². The van der Waals surface area contributed by atoms with Crippen molar-refractivity contribution in [3.8, 4) is 5.75 Å². The maximum absolute atomic E-state index is 13.1. The van der Waals surface area contributed by atoms with Gasteiger partial charge in [0.2, 0.25) is 0 Å². The highest BCUT2D eigenvalue weighted by molar-refractivity contribution is 9.10. The smallest absolute Gasteiger partial charge is 0.170 e. The van der Waals surface area contributed by atoms with Crippen molar-refractivity contribution in [3.63, 3.8) is 0 Å². The van der Waals surface area contributed by atoms with Gasteiger partial charge in [-0.15, -0.1) is 0 Å². The Hall–Kier alpha value is -1.39. The second-order valence-corrected chi connectivity index (χ2v) is 5.86. The zero-order valence-electron chi connectivity index (χ0n) is 10.2. The number of carbonyl (C=O) groups excluding carboxylic acids is 1. The number of ketones is 1. The first-order valence-electron chi connectivity index (χ1n) is 5.99. The Labute approximate surface area is 128 Å². The maximum atomic E-state index is 13.1. The second-order valence-electron chi connectivity index (χ2n) is 4.54. The van der Waals surface area contributed by atoms with Crippen molar-refractivity contribution in [1.29, 1.82) is 0 Å². The van der Waals surface area contributed by atoms with Gasteiger partial charge in [-0.25, -0.2) is 4.39 Å². The van der Waals surface area contributed by atoms with Gasteiger partial charge in [0.25, 0.3) is 0 Å². The number of fused-ring (bicyclic) bond motifs is 1. The first-order valence-corrected chi connectivity index (χ1v) is 7.16. The summed E-state index contributed by atoms with van der Waals surface area (Å²) in [5.41, 5.74) is 1.17. The SMILES string of the molecule is O=C1CC(c2ccc(F)cc2Cl)Oc2ccc(Br)cc21. The van der Waals surface area contributed by atoms with E-state index in [0.29, 0.717) is 16.9 Å². The molecule has 2 aromatic rings. The molecule has 0 aromatic heterocycles. The largest absolute Gasteiger partial charge is 0.484 e. The van der Waals surface area contributed by atoms with Crippen LogP contribution in [0.15, 0.2) is 40.9 Å². The van der Waals surface area contributed by atoms with Crippen LogP contribution in [-0.2, 0) is 0 Å². The average Bonchev–Trinajstić information content (AvgIpc) is 2.39. The number of benzene rings is 2. The molecule has 0 amide bonds. The Morgan fingerprint density at radius 3 is 2.80 bits per heavy atom. The number of carbonyl (C=O) groups is 1. The van der Waals surface area contributed by atoms with E-state index in [1.54, 1.807) is 24.3 Å². The van der Waals surface area contributed by atoms with Gasteiger partial charge in [-0.2, -0.15) is 0 Å². The van der Waals surface area contributed by atoms with Crippen molar-refractivity contribution in [2.75, 3.05) is 0 Å². The van der Waals surface area contributed by atoms with E-state index in [0.717, 1.165) is 4.47 Å². The highest BCUT2D eigenvalue weighted by Crippen LogP contribution is 2.38. The minimum absolute atomic E-state index is 0.0158. The summed E-state index contributed by atoms with van der Waals surface area (Å²) in [5.74, 6) is 0.0954. The second kappa shape index (κ2) is 5.19. The van der Waals surface area contributed by atoms with Crippen molar-refractivity contribution in [3.05, 3.63) is 62.8 Å². The van der Waals surface area contributed by atoms with Crippen LogP contribution in [0, 0.1) is 5.82 Å². The molecule has 0 bridgehead atoms. The summed E-state index contributed by atoms with van der Waals surface area (Å²) in [6.07, 6.45) is -0.293. The third kappa shape index (κ3) is 2.45. The van der Waals surface area contributed by atoms with E-state index in [9.17, 15) is 9.18 Å². The molecule has 20 heavy (non-hydrogen) atoms. The standard InChI is InChI=1S/C15H9BrClFO2/c16-8-1-4-14-11(5-8)13(19)7-15(20-14)10-3-2-9(18)6-12(10)17/h1-6,15H,7H2. The average molecular weight is 356 g/mol. The molecule has 1 atom stereocenters. The molecule has 0 N–H and O–H groups in total. The molecule has 0 saturated heterocycles. The van der Waals surface area contributed by atoms with Crippen LogP contribution in [0.5, 0.6) is 5.75 Å².